The molecule has 1 saturated heterocycles. The fourth-order valence-corrected chi connectivity index (χ4v) is 9.77. The van der Waals surface area contributed by atoms with Crippen LogP contribution in [0.3, 0.4) is 0 Å². The van der Waals surface area contributed by atoms with E-state index in [0.29, 0.717) is 5.75 Å². The van der Waals surface area contributed by atoms with Crippen molar-refractivity contribution in [3.8, 4) is 11.5 Å². The van der Waals surface area contributed by atoms with Crippen molar-refractivity contribution in [1.82, 2.24) is 0 Å². The lowest BCUT2D eigenvalue weighted by atomic mass is 10.1. The van der Waals surface area contributed by atoms with Crippen LogP contribution in [0, 0.1) is 0 Å². The highest BCUT2D eigenvalue weighted by Gasteiger charge is 2.58. The third kappa shape index (κ3) is 4.63. The van der Waals surface area contributed by atoms with Gasteiger partial charge in [-0.1, -0.05) is 0 Å². The summed E-state index contributed by atoms with van der Waals surface area (Å²) in [5.74, 6) is 0.716. The molecule has 1 aromatic carbocycles. The average Bonchev–Trinajstić information content (AvgIpc) is 2.82. The lowest BCUT2D eigenvalue weighted by Crippen LogP contribution is -2.35. The van der Waals surface area contributed by atoms with Gasteiger partial charge in [-0.3, -0.25) is 9.13 Å². The number of rotatable bonds is 7. The molecule has 154 valence electrons. The zero-order chi connectivity index (χ0) is 20.6. The highest BCUT2D eigenvalue weighted by Crippen LogP contribution is 2.94. The number of aliphatic hydroxyl groups excluding tert-OH is 2. The molecular weight excluding hydrogens is 429 g/mol. The molecule has 27 heavy (non-hydrogen) atoms. The summed E-state index contributed by atoms with van der Waals surface area (Å²) >= 11 is 0. The van der Waals surface area contributed by atoms with E-state index < -0.39 is 51.9 Å². The quantitative estimate of drug-likeness (QED) is 0.307. The Hall–Kier alpha value is -0.770. The van der Waals surface area contributed by atoms with E-state index >= 15 is 0 Å². The molecule has 1 fully saturated rings. The lowest BCUT2D eigenvalue weighted by molar-refractivity contribution is -0.106. The Morgan fingerprint density at radius 2 is 1.48 bits per heavy atom. The largest absolute Gasteiger partial charge is 0.497 e. The van der Waals surface area contributed by atoms with Crippen LogP contribution in [0.15, 0.2) is 24.3 Å². The first kappa shape index (κ1) is 22.5. The van der Waals surface area contributed by atoms with Crippen molar-refractivity contribution in [3.05, 3.63) is 24.3 Å². The minimum Gasteiger partial charge on any atom is -0.497 e. The molecule has 6 N–H and O–H groups in total. The first-order valence-corrected chi connectivity index (χ1v) is 13.9. The molecule has 1 aliphatic heterocycles. The lowest BCUT2D eigenvalue weighted by Gasteiger charge is -2.22. The van der Waals surface area contributed by atoms with Crippen LogP contribution >= 0.6 is 21.1 Å². The number of benzene rings is 1. The van der Waals surface area contributed by atoms with Crippen LogP contribution in [0.4, 0.5) is 0 Å². The molecule has 12 nitrogen and oxygen atoms in total. The van der Waals surface area contributed by atoms with Crippen molar-refractivity contribution in [3.63, 3.8) is 0 Å². The molecule has 0 saturated carbocycles. The maximum atomic E-state index is 12.0. The molecule has 6 atom stereocenters. The van der Waals surface area contributed by atoms with E-state index in [4.69, 9.17) is 24.0 Å². The van der Waals surface area contributed by atoms with Gasteiger partial charge in [-0.05, 0) is 24.3 Å². The molecule has 0 spiro atoms. The Morgan fingerprint density at radius 3 is 1.96 bits per heavy atom. The summed E-state index contributed by atoms with van der Waals surface area (Å²) in [5.41, 5.74) is 0. The van der Waals surface area contributed by atoms with Crippen LogP contribution in [0.25, 0.3) is 0 Å². The Morgan fingerprint density at radius 1 is 0.963 bits per heavy atom. The van der Waals surface area contributed by atoms with Crippen LogP contribution in [0.1, 0.15) is 0 Å². The summed E-state index contributed by atoms with van der Waals surface area (Å²) in [6.07, 6.45) is -7.93. The van der Waals surface area contributed by atoms with Crippen LogP contribution in [0.2, 0.25) is 0 Å². The summed E-state index contributed by atoms with van der Waals surface area (Å²) in [6.45, 7) is -5.82. The Labute approximate surface area is 153 Å². The van der Waals surface area contributed by atoms with Gasteiger partial charge in [0.25, 0.3) is 7.06 Å². The first-order chi connectivity index (χ1) is 12.3. The number of ether oxygens (including phenoxy) is 3. The number of methoxy groups -OCH3 is 1. The van der Waals surface area contributed by atoms with E-state index in [2.05, 4.69) is 0 Å². The second kappa shape index (κ2) is 7.93. The Balaban J connectivity index is 2.13. The van der Waals surface area contributed by atoms with Gasteiger partial charge in [0.05, 0.1) is 13.3 Å². The molecule has 0 radical (unpaired) electrons. The van der Waals surface area contributed by atoms with Crippen LogP contribution < -0.4 is 9.47 Å². The monoisotopic (exact) mass is 448 g/mol. The van der Waals surface area contributed by atoms with Gasteiger partial charge in [-0.15, -0.1) is 0 Å². The fraction of sp³-hybridized carbons (Fsp3) is 0.500. The summed E-state index contributed by atoms with van der Waals surface area (Å²) in [6, 6.07) is 5.99. The second-order valence-corrected chi connectivity index (χ2v) is 17.1. The molecule has 2 unspecified atom stereocenters. The highest BCUT2D eigenvalue weighted by atomic mass is 32.5. The van der Waals surface area contributed by atoms with Crippen molar-refractivity contribution >= 4 is 21.1 Å². The summed E-state index contributed by atoms with van der Waals surface area (Å²) in [5, 5.41) is 19.9. The van der Waals surface area contributed by atoms with Gasteiger partial charge in [0.15, 0.2) is 0 Å². The minimum atomic E-state index is -5.82. The predicted molar refractivity (Wildman–Crippen MR) is 90.9 cm³/mol. The van der Waals surface area contributed by atoms with Gasteiger partial charge in [-0.25, -0.2) is 4.57 Å². The maximum Gasteiger partial charge on any atom is 0.417 e. The standard InChI is InChI=1S/C12H19O12P3/c1-22-7-2-4-8(5-3-7)23-12-11(14)10(13)9(24-12)6-25(15,16)27(20,21)26(17,18)19/h2-5,9-14H,6H2,1H3,(H,15,16)(H,20,21)(H2,17,18,19)/t9-,10-,11-,12-/m1/s1. The van der Waals surface area contributed by atoms with Gasteiger partial charge in [0.2, 0.25) is 6.29 Å². The summed E-state index contributed by atoms with van der Waals surface area (Å²) < 4.78 is 50.2. The maximum absolute atomic E-state index is 12.0. The summed E-state index contributed by atoms with van der Waals surface area (Å²) in [7, 11) is -9.72. The first-order valence-electron chi connectivity index (χ1n) is 7.33. The van der Waals surface area contributed by atoms with Crippen molar-refractivity contribution < 1.29 is 57.7 Å². The Kier molecular flexibility index (Phi) is 6.61. The SMILES string of the molecule is COc1ccc(O[C@@H]2O[C@H](CP(=O)(O)P(=O)(O)P(=O)(O)O)[C@@H](O)[C@H]2O)cc1. The van der Waals surface area contributed by atoms with Crippen LogP contribution in [-0.4, -0.2) is 67.7 Å². The predicted octanol–water partition coefficient (Wildman–Crippen LogP) is 0.0692. The highest BCUT2D eigenvalue weighted by molar-refractivity contribution is 8.61. The molecule has 15 heteroatoms. The zero-order valence-electron chi connectivity index (χ0n) is 13.8. The third-order valence-corrected chi connectivity index (χ3v) is 15.7. The molecule has 0 bridgehead atoms. The molecule has 0 aliphatic carbocycles. The summed E-state index contributed by atoms with van der Waals surface area (Å²) in [4.78, 5) is 36.8. The fourth-order valence-electron chi connectivity index (χ4n) is 2.27. The molecular formula is C12H19O12P3. The topological polar surface area (TPSA) is 200 Å². The molecule has 1 heterocycles. The molecule has 1 aromatic rings. The zero-order valence-corrected chi connectivity index (χ0v) is 16.5. The average molecular weight is 448 g/mol. The second-order valence-electron chi connectivity index (χ2n) is 5.69. The van der Waals surface area contributed by atoms with Crippen molar-refractivity contribution in [2.24, 2.45) is 0 Å². The number of aliphatic hydroxyl groups is 2. The van der Waals surface area contributed by atoms with Gasteiger partial charge in [0, 0.05) is 0 Å². The van der Waals surface area contributed by atoms with Gasteiger partial charge >= 0.3 is 14.0 Å². The van der Waals surface area contributed by atoms with E-state index in [1.807, 2.05) is 0 Å². The Bertz CT molecular complexity index is 804. The van der Waals surface area contributed by atoms with Gasteiger partial charge < -0.3 is 44.0 Å². The minimum absolute atomic E-state index is 0.197. The van der Waals surface area contributed by atoms with Crippen LogP contribution in [-0.2, 0) is 18.4 Å². The van der Waals surface area contributed by atoms with E-state index in [1.54, 1.807) is 0 Å². The molecule has 0 amide bonds. The normalized spacial score (nSPS) is 30.3. The number of hydrogen-bond acceptors (Lipinski definition) is 8. The third-order valence-electron chi connectivity index (χ3n) is 3.79. The molecule has 2 rings (SSSR count). The van der Waals surface area contributed by atoms with E-state index in [-0.39, 0.29) is 5.75 Å². The van der Waals surface area contributed by atoms with Crippen molar-refractivity contribution in [2.45, 2.75) is 24.6 Å². The van der Waals surface area contributed by atoms with E-state index in [1.165, 1.54) is 31.4 Å². The van der Waals surface area contributed by atoms with E-state index in [9.17, 15) is 33.7 Å². The van der Waals surface area contributed by atoms with E-state index in [0.717, 1.165) is 0 Å². The molecule has 1 aliphatic rings. The van der Waals surface area contributed by atoms with Crippen LogP contribution in [0.5, 0.6) is 11.5 Å². The van der Waals surface area contributed by atoms with Gasteiger partial charge in [-0.2, -0.15) is 0 Å². The van der Waals surface area contributed by atoms with Crippen molar-refractivity contribution in [2.75, 3.05) is 13.3 Å². The molecule has 0 aromatic heterocycles. The van der Waals surface area contributed by atoms with Gasteiger partial charge in [0.1, 0.15) is 29.8 Å². The van der Waals surface area contributed by atoms with Crippen molar-refractivity contribution in [1.29, 1.82) is 0 Å². The smallest absolute Gasteiger partial charge is 0.417 e. The number of hydrogen-bond donors (Lipinski definition) is 6.